The summed E-state index contributed by atoms with van der Waals surface area (Å²) in [5, 5.41) is 8.38. The maximum atomic E-state index is 12.6. The molecule has 1 aliphatic rings. The van der Waals surface area contributed by atoms with E-state index in [1.165, 1.54) is 0 Å². The maximum absolute atomic E-state index is 12.6. The lowest BCUT2D eigenvalue weighted by atomic mass is 10.1. The van der Waals surface area contributed by atoms with Gasteiger partial charge in [0.2, 0.25) is 0 Å². The van der Waals surface area contributed by atoms with Crippen LogP contribution in [0.2, 0.25) is 0 Å². The van der Waals surface area contributed by atoms with Gasteiger partial charge in [-0.05, 0) is 19.9 Å². The average Bonchev–Trinajstić information content (AvgIpc) is 3.14. The molecule has 1 saturated heterocycles. The minimum Gasteiger partial charge on any atom is -0.373 e. The first-order valence-electron chi connectivity index (χ1n) is 8.32. The summed E-state index contributed by atoms with van der Waals surface area (Å²) in [7, 11) is 0. The van der Waals surface area contributed by atoms with Crippen LogP contribution in [0.15, 0.2) is 16.7 Å². The second kappa shape index (κ2) is 6.76. The van der Waals surface area contributed by atoms with E-state index in [0.717, 1.165) is 17.1 Å². The highest BCUT2D eigenvalue weighted by Crippen LogP contribution is 2.18. The number of rotatable bonds is 4. The number of aromatic nitrogens is 3. The highest BCUT2D eigenvalue weighted by Gasteiger charge is 2.28. The average molecular weight is 332 g/mol. The molecule has 3 heterocycles. The van der Waals surface area contributed by atoms with Gasteiger partial charge in [0.25, 0.3) is 5.91 Å². The number of ether oxygens (including phenoxy) is 1. The summed E-state index contributed by atoms with van der Waals surface area (Å²) in [4.78, 5) is 14.4. The van der Waals surface area contributed by atoms with Gasteiger partial charge in [0, 0.05) is 30.8 Å². The number of carbonyl (C=O) groups excluding carboxylic acids is 1. The lowest BCUT2D eigenvalue weighted by molar-refractivity contribution is -0.0305. The molecule has 0 aliphatic carbocycles. The van der Waals surface area contributed by atoms with Crippen LogP contribution < -0.4 is 0 Å². The third kappa shape index (κ3) is 3.51. The molecule has 0 spiro atoms. The summed E-state index contributed by atoms with van der Waals surface area (Å²) < 4.78 is 13.0. The molecule has 0 aromatic carbocycles. The van der Waals surface area contributed by atoms with Crippen LogP contribution in [-0.2, 0) is 11.3 Å². The lowest BCUT2D eigenvalue weighted by Gasteiger charge is -2.32. The Morgan fingerprint density at radius 2 is 2.17 bits per heavy atom. The van der Waals surface area contributed by atoms with Crippen molar-refractivity contribution in [3.05, 3.63) is 35.0 Å². The molecule has 3 rings (SSSR count). The Kier molecular flexibility index (Phi) is 4.71. The van der Waals surface area contributed by atoms with Crippen molar-refractivity contribution in [2.75, 3.05) is 19.7 Å². The fraction of sp³-hybridized carbons (Fsp3) is 0.588. The number of amides is 1. The molecule has 24 heavy (non-hydrogen) atoms. The number of morpholine rings is 1. The molecule has 1 unspecified atom stereocenters. The zero-order valence-corrected chi connectivity index (χ0v) is 14.7. The Hall–Kier alpha value is -2.15. The predicted octanol–water partition coefficient (Wildman–Crippen LogP) is 2.15. The first-order chi connectivity index (χ1) is 11.4. The Balaban J connectivity index is 1.66. The van der Waals surface area contributed by atoms with Gasteiger partial charge in [-0.2, -0.15) is 5.10 Å². The monoisotopic (exact) mass is 332 g/mol. The third-order valence-electron chi connectivity index (χ3n) is 4.22. The maximum Gasteiger partial charge on any atom is 0.276 e. The fourth-order valence-electron chi connectivity index (χ4n) is 2.89. The van der Waals surface area contributed by atoms with Crippen LogP contribution in [0.1, 0.15) is 47.4 Å². The van der Waals surface area contributed by atoms with Crippen LogP contribution in [0.5, 0.6) is 0 Å². The first kappa shape index (κ1) is 16.7. The lowest BCUT2D eigenvalue weighted by Crippen LogP contribution is -2.47. The van der Waals surface area contributed by atoms with E-state index in [-0.39, 0.29) is 17.9 Å². The second-order valence-corrected chi connectivity index (χ2v) is 6.62. The summed E-state index contributed by atoms with van der Waals surface area (Å²) in [5.41, 5.74) is 2.45. The molecule has 1 aliphatic heterocycles. The van der Waals surface area contributed by atoms with Crippen LogP contribution in [0.3, 0.4) is 0 Å². The molecule has 0 N–H and O–H groups in total. The molecular weight excluding hydrogens is 308 g/mol. The first-order valence-corrected chi connectivity index (χ1v) is 8.32. The SMILES string of the molecule is Cc1cc(C)n(CC2CN(C(=O)c3cc(C(C)C)on3)CCO2)n1. The Bertz CT molecular complexity index is 719. The summed E-state index contributed by atoms with van der Waals surface area (Å²) in [6.07, 6.45) is -0.0721. The molecule has 2 aromatic rings. The number of carbonyl (C=O) groups is 1. The van der Waals surface area contributed by atoms with E-state index < -0.39 is 0 Å². The van der Waals surface area contributed by atoms with Crippen molar-refractivity contribution >= 4 is 5.91 Å². The van der Waals surface area contributed by atoms with Gasteiger partial charge in [-0.25, -0.2) is 0 Å². The van der Waals surface area contributed by atoms with Crippen LogP contribution in [0.4, 0.5) is 0 Å². The van der Waals surface area contributed by atoms with Gasteiger partial charge >= 0.3 is 0 Å². The Labute approximate surface area is 141 Å². The van der Waals surface area contributed by atoms with Crippen molar-refractivity contribution < 1.29 is 14.1 Å². The minimum atomic E-state index is -0.104. The van der Waals surface area contributed by atoms with Gasteiger partial charge in [-0.1, -0.05) is 19.0 Å². The largest absolute Gasteiger partial charge is 0.373 e. The van der Waals surface area contributed by atoms with Crippen molar-refractivity contribution in [1.82, 2.24) is 19.8 Å². The molecule has 7 nitrogen and oxygen atoms in total. The normalized spacial score (nSPS) is 18.4. The van der Waals surface area contributed by atoms with Gasteiger partial charge in [-0.3, -0.25) is 9.48 Å². The van der Waals surface area contributed by atoms with Gasteiger partial charge in [0.05, 0.1) is 24.9 Å². The Morgan fingerprint density at radius 3 is 2.79 bits per heavy atom. The number of nitrogens with zero attached hydrogens (tertiary/aromatic N) is 4. The standard InChI is InChI=1S/C17H24N4O3/c1-11(2)16-8-15(19-24-16)17(22)20-5-6-23-14(9-20)10-21-13(4)7-12(3)18-21/h7-8,11,14H,5-6,9-10H2,1-4H3. The molecular formula is C17H24N4O3. The van der Waals surface area contributed by atoms with Crippen LogP contribution in [-0.4, -0.2) is 51.5 Å². The number of hydrogen-bond acceptors (Lipinski definition) is 5. The van der Waals surface area contributed by atoms with Crippen molar-refractivity contribution in [3.8, 4) is 0 Å². The van der Waals surface area contributed by atoms with E-state index in [1.54, 1.807) is 11.0 Å². The number of hydrogen-bond donors (Lipinski definition) is 0. The minimum absolute atomic E-state index is 0.0721. The van der Waals surface area contributed by atoms with E-state index >= 15 is 0 Å². The molecule has 7 heteroatoms. The highest BCUT2D eigenvalue weighted by atomic mass is 16.5. The van der Waals surface area contributed by atoms with Gasteiger partial charge in [-0.15, -0.1) is 0 Å². The van der Waals surface area contributed by atoms with E-state index in [1.807, 2.05) is 38.4 Å². The summed E-state index contributed by atoms with van der Waals surface area (Å²) in [5.74, 6) is 0.834. The van der Waals surface area contributed by atoms with Gasteiger partial charge in [0.1, 0.15) is 5.76 Å². The molecule has 0 radical (unpaired) electrons. The molecule has 0 bridgehead atoms. The highest BCUT2D eigenvalue weighted by molar-refractivity contribution is 5.92. The fourth-order valence-corrected chi connectivity index (χ4v) is 2.89. The Morgan fingerprint density at radius 1 is 1.38 bits per heavy atom. The zero-order chi connectivity index (χ0) is 17.3. The summed E-state index contributed by atoms with van der Waals surface area (Å²) in [6, 6.07) is 3.77. The summed E-state index contributed by atoms with van der Waals surface area (Å²) >= 11 is 0. The van der Waals surface area contributed by atoms with E-state index in [4.69, 9.17) is 9.26 Å². The van der Waals surface area contributed by atoms with E-state index in [0.29, 0.717) is 31.9 Å². The van der Waals surface area contributed by atoms with Gasteiger partial charge in [0.15, 0.2) is 5.69 Å². The molecule has 1 atom stereocenters. The second-order valence-electron chi connectivity index (χ2n) is 6.62. The number of aryl methyl sites for hydroxylation is 2. The van der Waals surface area contributed by atoms with Crippen LogP contribution in [0.25, 0.3) is 0 Å². The molecule has 2 aromatic heterocycles. The third-order valence-corrected chi connectivity index (χ3v) is 4.22. The predicted molar refractivity (Wildman–Crippen MR) is 87.9 cm³/mol. The van der Waals surface area contributed by atoms with Crippen molar-refractivity contribution in [2.24, 2.45) is 0 Å². The van der Waals surface area contributed by atoms with Crippen molar-refractivity contribution in [3.63, 3.8) is 0 Å². The molecule has 0 saturated carbocycles. The molecule has 130 valence electrons. The van der Waals surface area contributed by atoms with Crippen molar-refractivity contribution in [2.45, 2.75) is 46.3 Å². The zero-order valence-electron chi connectivity index (χ0n) is 14.7. The van der Waals surface area contributed by atoms with E-state index in [9.17, 15) is 4.79 Å². The van der Waals surface area contributed by atoms with Crippen LogP contribution in [0, 0.1) is 13.8 Å². The van der Waals surface area contributed by atoms with Gasteiger partial charge < -0.3 is 14.2 Å². The van der Waals surface area contributed by atoms with Crippen molar-refractivity contribution in [1.29, 1.82) is 0 Å². The topological polar surface area (TPSA) is 73.4 Å². The smallest absolute Gasteiger partial charge is 0.276 e. The quantitative estimate of drug-likeness (QED) is 0.858. The van der Waals surface area contributed by atoms with Crippen LogP contribution >= 0.6 is 0 Å². The molecule has 1 amide bonds. The molecule has 1 fully saturated rings. The van der Waals surface area contributed by atoms with E-state index in [2.05, 4.69) is 10.3 Å². The summed E-state index contributed by atoms with van der Waals surface area (Å²) in [6.45, 7) is 10.3.